The van der Waals surface area contributed by atoms with Crippen LogP contribution in [0.15, 0.2) is 48.8 Å². The summed E-state index contributed by atoms with van der Waals surface area (Å²) in [6.45, 7) is -0.186. The molecule has 0 saturated heterocycles. The summed E-state index contributed by atoms with van der Waals surface area (Å²) in [4.78, 5) is 30.1. The lowest BCUT2D eigenvalue weighted by molar-refractivity contribution is -0.119. The second kappa shape index (κ2) is 6.18. The molecule has 116 valence electrons. The van der Waals surface area contributed by atoms with Gasteiger partial charge in [0.2, 0.25) is 0 Å². The second-order valence-electron chi connectivity index (χ2n) is 4.84. The molecule has 0 fully saturated rings. The highest BCUT2D eigenvalue weighted by atomic mass is 16.5. The summed E-state index contributed by atoms with van der Waals surface area (Å²) in [7, 11) is 0. The summed E-state index contributed by atoms with van der Waals surface area (Å²) >= 11 is 0. The van der Waals surface area contributed by atoms with Crippen LogP contribution in [0.5, 0.6) is 5.75 Å². The van der Waals surface area contributed by atoms with Crippen LogP contribution in [0.25, 0.3) is 11.0 Å². The van der Waals surface area contributed by atoms with E-state index in [0.29, 0.717) is 22.6 Å². The fourth-order valence-electron chi connectivity index (χ4n) is 2.13. The Kier molecular flexibility index (Phi) is 3.92. The highest BCUT2D eigenvalue weighted by molar-refractivity contribution is 6.12. The molecule has 0 unspecified atom stereocenters. The standard InChI is InChI=1S/C16H14N4O3/c17-14(21)9-23-11-5-3-10(4-6-11)20-16(22)13-8-19-15-12(13)2-1-7-18-15/h1-8H,9H2,(H2,17,21)(H,18,19)(H,20,22). The van der Waals surface area contributed by atoms with Gasteiger partial charge in [-0.05, 0) is 36.4 Å². The van der Waals surface area contributed by atoms with E-state index in [2.05, 4.69) is 15.3 Å². The average Bonchev–Trinajstić information content (AvgIpc) is 2.98. The first-order chi connectivity index (χ1) is 11.1. The molecule has 0 aliphatic carbocycles. The van der Waals surface area contributed by atoms with E-state index in [1.54, 1.807) is 42.7 Å². The number of primary amides is 1. The van der Waals surface area contributed by atoms with Gasteiger partial charge < -0.3 is 20.8 Å². The quantitative estimate of drug-likeness (QED) is 0.666. The van der Waals surface area contributed by atoms with Gasteiger partial charge in [0.25, 0.3) is 11.8 Å². The van der Waals surface area contributed by atoms with E-state index in [-0.39, 0.29) is 12.5 Å². The molecule has 3 aromatic rings. The zero-order valence-electron chi connectivity index (χ0n) is 12.1. The number of carbonyl (C=O) groups is 2. The number of benzene rings is 1. The number of aromatic nitrogens is 2. The molecule has 2 aromatic heterocycles. The number of ether oxygens (including phenoxy) is 1. The lowest BCUT2D eigenvalue weighted by atomic mass is 10.2. The number of rotatable bonds is 5. The molecule has 0 saturated carbocycles. The molecule has 2 heterocycles. The number of hydrogen-bond acceptors (Lipinski definition) is 4. The monoisotopic (exact) mass is 310 g/mol. The summed E-state index contributed by atoms with van der Waals surface area (Å²) in [6.07, 6.45) is 3.28. The number of hydrogen-bond donors (Lipinski definition) is 3. The van der Waals surface area contributed by atoms with Crippen LogP contribution < -0.4 is 15.8 Å². The van der Waals surface area contributed by atoms with Crippen molar-refractivity contribution in [3.05, 3.63) is 54.4 Å². The molecule has 7 nitrogen and oxygen atoms in total. The highest BCUT2D eigenvalue weighted by Crippen LogP contribution is 2.19. The molecule has 4 N–H and O–H groups in total. The van der Waals surface area contributed by atoms with Crippen LogP contribution in [0, 0.1) is 0 Å². The summed E-state index contributed by atoms with van der Waals surface area (Å²) in [5.74, 6) is -0.288. The Hall–Kier alpha value is -3.35. The number of pyridine rings is 1. The predicted octanol–water partition coefficient (Wildman–Crippen LogP) is 1.68. The van der Waals surface area contributed by atoms with Gasteiger partial charge >= 0.3 is 0 Å². The molecular formula is C16H14N4O3. The molecule has 1 aromatic carbocycles. The Morgan fingerprint density at radius 3 is 2.74 bits per heavy atom. The molecule has 0 aliphatic rings. The minimum absolute atomic E-state index is 0.186. The van der Waals surface area contributed by atoms with Crippen LogP contribution in [0.1, 0.15) is 10.4 Å². The SMILES string of the molecule is NC(=O)COc1ccc(NC(=O)c2c[nH]c3ncccc23)cc1. The number of carbonyl (C=O) groups excluding carboxylic acids is 2. The fourth-order valence-corrected chi connectivity index (χ4v) is 2.13. The summed E-state index contributed by atoms with van der Waals surface area (Å²) in [5.41, 5.74) is 6.79. The number of nitrogens with two attached hydrogens (primary N) is 1. The van der Waals surface area contributed by atoms with Gasteiger partial charge in [0, 0.05) is 23.5 Å². The number of aromatic amines is 1. The maximum atomic E-state index is 12.3. The molecular weight excluding hydrogens is 296 g/mol. The predicted molar refractivity (Wildman–Crippen MR) is 85.2 cm³/mol. The van der Waals surface area contributed by atoms with Crippen LogP contribution >= 0.6 is 0 Å². The molecule has 23 heavy (non-hydrogen) atoms. The first kappa shape index (κ1) is 14.6. The third-order valence-electron chi connectivity index (χ3n) is 3.19. The number of nitrogens with one attached hydrogen (secondary N) is 2. The van der Waals surface area contributed by atoms with Gasteiger partial charge in [0.1, 0.15) is 11.4 Å². The molecule has 0 spiro atoms. The first-order valence-electron chi connectivity index (χ1n) is 6.88. The van der Waals surface area contributed by atoms with E-state index in [1.165, 1.54) is 0 Å². The van der Waals surface area contributed by atoms with Crippen molar-refractivity contribution in [2.75, 3.05) is 11.9 Å². The van der Waals surface area contributed by atoms with E-state index in [9.17, 15) is 9.59 Å². The lowest BCUT2D eigenvalue weighted by Gasteiger charge is -2.07. The van der Waals surface area contributed by atoms with Gasteiger partial charge in [-0.25, -0.2) is 4.98 Å². The smallest absolute Gasteiger partial charge is 0.257 e. The summed E-state index contributed by atoms with van der Waals surface area (Å²) < 4.78 is 5.16. The summed E-state index contributed by atoms with van der Waals surface area (Å²) in [6, 6.07) is 10.3. The van der Waals surface area contributed by atoms with Crippen molar-refractivity contribution in [3.8, 4) is 5.75 Å². The largest absolute Gasteiger partial charge is 0.484 e. The highest BCUT2D eigenvalue weighted by Gasteiger charge is 2.12. The minimum Gasteiger partial charge on any atom is -0.484 e. The Morgan fingerprint density at radius 1 is 1.22 bits per heavy atom. The Bertz CT molecular complexity index is 855. The van der Waals surface area contributed by atoms with E-state index < -0.39 is 5.91 Å². The average molecular weight is 310 g/mol. The number of H-pyrrole nitrogens is 1. The second-order valence-corrected chi connectivity index (χ2v) is 4.84. The number of nitrogens with zero attached hydrogens (tertiary/aromatic N) is 1. The van der Waals surface area contributed by atoms with Crippen molar-refractivity contribution in [3.63, 3.8) is 0 Å². The van der Waals surface area contributed by atoms with Crippen molar-refractivity contribution in [1.82, 2.24) is 9.97 Å². The lowest BCUT2D eigenvalue weighted by Crippen LogP contribution is -2.20. The van der Waals surface area contributed by atoms with Crippen molar-refractivity contribution < 1.29 is 14.3 Å². The molecule has 0 atom stereocenters. The minimum atomic E-state index is -0.546. The van der Waals surface area contributed by atoms with Crippen LogP contribution in [0.3, 0.4) is 0 Å². The Labute approximate surface area is 131 Å². The van der Waals surface area contributed by atoms with E-state index in [0.717, 1.165) is 5.39 Å². The molecule has 3 rings (SSSR count). The molecule has 0 bridgehead atoms. The molecule has 0 radical (unpaired) electrons. The molecule has 2 amide bonds. The van der Waals surface area contributed by atoms with Gasteiger partial charge in [0.15, 0.2) is 6.61 Å². The van der Waals surface area contributed by atoms with Crippen LogP contribution in [-0.2, 0) is 4.79 Å². The number of anilines is 1. The van der Waals surface area contributed by atoms with E-state index in [1.807, 2.05) is 6.07 Å². The topological polar surface area (TPSA) is 110 Å². The summed E-state index contributed by atoms with van der Waals surface area (Å²) in [5, 5.41) is 3.55. The first-order valence-corrected chi connectivity index (χ1v) is 6.88. The molecule has 7 heteroatoms. The van der Waals surface area contributed by atoms with Gasteiger partial charge in [-0.2, -0.15) is 0 Å². The Balaban J connectivity index is 1.71. The normalized spacial score (nSPS) is 10.4. The van der Waals surface area contributed by atoms with Crippen LogP contribution in [0.4, 0.5) is 5.69 Å². The van der Waals surface area contributed by atoms with Gasteiger partial charge in [0.05, 0.1) is 5.56 Å². The van der Waals surface area contributed by atoms with Crippen molar-refractivity contribution in [2.24, 2.45) is 5.73 Å². The van der Waals surface area contributed by atoms with E-state index >= 15 is 0 Å². The molecule has 0 aliphatic heterocycles. The van der Waals surface area contributed by atoms with Crippen LogP contribution in [-0.4, -0.2) is 28.4 Å². The maximum absolute atomic E-state index is 12.3. The zero-order valence-corrected chi connectivity index (χ0v) is 12.1. The van der Waals surface area contributed by atoms with Crippen molar-refractivity contribution in [1.29, 1.82) is 0 Å². The third kappa shape index (κ3) is 3.29. The maximum Gasteiger partial charge on any atom is 0.257 e. The third-order valence-corrected chi connectivity index (χ3v) is 3.19. The Morgan fingerprint density at radius 2 is 2.00 bits per heavy atom. The number of amides is 2. The van der Waals surface area contributed by atoms with Crippen molar-refractivity contribution in [2.45, 2.75) is 0 Å². The van der Waals surface area contributed by atoms with Crippen LogP contribution in [0.2, 0.25) is 0 Å². The van der Waals surface area contributed by atoms with Gasteiger partial charge in [-0.15, -0.1) is 0 Å². The fraction of sp³-hybridized carbons (Fsp3) is 0.0625. The number of fused-ring (bicyclic) bond motifs is 1. The van der Waals surface area contributed by atoms with Gasteiger partial charge in [-0.1, -0.05) is 0 Å². The van der Waals surface area contributed by atoms with Gasteiger partial charge in [-0.3, -0.25) is 9.59 Å². The van der Waals surface area contributed by atoms with Crippen molar-refractivity contribution >= 4 is 28.5 Å². The van der Waals surface area contributed by atoms with E-state index in [4.69, 9.17) is 10.5 Å². The zero-order chi connectivity index (χ0) is 16.2.